The van der Waals surface area contributed by atoms with E-state index in [0.717, 1.165) is 10.0 Å². The molecule has 47 heavy (non-hydrogen) atoms. The number of aromatic nitrogens is 2. The van der Waals surface area contributed by atoms with E-state index in [-0.39, 0.29) is 67.2 Å². The van der Waals surface area contributed by atoms with Crippen molar-refractivity contribution < 1.29 is 34.1 Å². The van der Waals surface area contributed by atoms with Crippen LogP contribution in [0.2, 0.25) is 0 Å². The number of imide groups is 2. The summed E-state index contributed by atoms with van der Waals surface area (Å²) in [5.74, 6) is -0.210. The van der Waals surface area contributed by atoms with Crippen LogP contribution in [0.1, 0.15) is 31.8 Å². The maximum atomic E-state index is 12.5. The number of rotatable bonds is 6. The van der Waals surface area contributed by atoms with E-state index in [4.69, 9.17) is 9.47 Å². The molecule has 2 aromatic carbocycles. The van der Waals surface area contributed by atoms with E-state index in [1.54, 1.807) is 85.5 Å². The lowest BCUT2D eigenvalue weighted by Gasteiger charge is -2.27. The zero-order chi connectivity index (χ0) is 29.6. The zero-order valence-corrected chi connectivity index (χ0v) is 26.6. The van der Waals surface area contributed by atoms with Gasteiger partial charge in [0.15, 0.2) is 0 Å². The van der Waals surface area contributed by atoms with Crippen molar-refractivity contribution >= 4 is 59.8 Å². The Morgan fingerprint density at radius 2 is 0.936 bits per heavy atom. The molecule has 0 unspecified atom stereocenters. The minimum absolute atomic E-state index is 0. The molecule has 0 bridgehead atoms. The molecule has 0 spiro atoms. The number of anilines is 2. The van der Waals surface area contributed by atoms with Gasteiger partial charge in [0.2, 0.25) is 0 Å². The van der Waals surface area contributed by atoms with Crippen LogP contribution in [0.3, 0.4) is 0 Å². The molecule has 17 heteroatoms. The summed E-state index contributed by atoms with van der Waals surface area (Å²) in [6.07, 6.45) is 6.67. The zero-order valence-electron chi connectivity index (χ0n) is 24.9. The van der Waals surface area contributed by atoms with Gasteiger partial charge in [0.25, 0.3) is 23.6 Å². The third-order valence-corrected chi connectivity index (χ3v) is 6.53. The van der Waals surface area contributed by atoms with Crippen molar-refractivity contribution in [1.29, 1.82) is 0 Å². The molecule has 6 rings (SSSR count). The first-order chi connectivity index (χ1) is 20.4. The summed E-state index contributed by atoms with van der Waals surface area (Å²) in [6, 6.07) is 17.0. The predicted octanol–water partition coefficient (Wildman–Crippen LogP) is 2.34. The number of nitrogens with one attached hydrogen (secondary N) is 2. The van der Waals surface area contributed by atoms with Crippen LogP contribution in [0, 0.1) is 0 Å². The molecule has 4 N–H and O–H groups in total. The number of pyridine rings is 2. The van der Waals surface area contributed by atoms with Gasteiger partial charge in [0, 0.05) is 48.2 Å². The van der Waals surface area contributed by atoms with Crippen LogP contribution >= 0.6 is 24.8 Å². The molecule has 4 amide bonds. The normalized spacial score (nSPS) is 12.4. The average Bonchev–Trinajstić information content (AvgIpc) is 3.02. The summed E-state index contributed by atoms with van der Waals surface area (Å²) in [5.41, 5.74) is 9.22. The van der Waals surface area contributed by atoms with E-state index in [1.165, 1.54) is 14.2 Å². The lowest BCUT2D eigenvalue weighted by atomic mass is 9.99. The Hall–Kier alpha value is -5.32. The summed E-state index contributed by atoms with van der Waals surface area (Å²) in [5, 5.41) is 2.05. The van der Waals surface area contributed by atoms with Gasteiger partial charge in [-0.2, -0.15) is 10.0 Å². The van der Waals surface area contributed by atoms with E-state index < -0.39 is 11.8 Å². The van der Waals surface area contributed by atoms with Gasteiger partial charge in [-0.05, 0) is 59.7 Å². The molecule has 2 aliphatic rings. The molecule has 4 aromatic rings. The van der Waals surface area contributed by atoms with E-state index in [0.29, 0.717) is 45.1 Å². The highest BCUT2D eigenvalue weighted by molar-refractivity contribution is 6.11. The Balaban J connectivity index is 0.000000814. The van der Waals surface area contributed by atoms with Crippen LogP contribution in [-0.2, 0) is 22.4 Å². The fourth-order valence-electron chi connectivity index (χ4n) is 4.36. The lowest BCUT2D eigenvalue weighted by Crippen LogP contribution is -2.45. The molecule has 0 fully saturated rings. The van der Waals surface area contributed by atoms with Gasteiger partial charge in [-0.15, -0.1) is 24.8 Å². The molecule has 6 radical (unpaired) electrons. The number of hydrogen-bond donors (Lipinski definition) is 2. The molecule has 246 valence electrons. The first-order valence-electron chi connectivity index (χ1n) is 12.8. The fourth-order valence-corrected chi connectivity index (χ4v) is 4.36. The van der Waals surface area contributed by atoms with Gasteiger partial charge < -0.3 is 14.9 Å². The topological polar surface area (TPSA) is 236 Å². The maximum absolute atomic E-state index is 12.5. The minimum atomic E-state index is -0.392. The second-order valence-electron chi connectivity index (χ2n) is 9.16. The number of ether oxygens (including phenoxy) is 2. The van der Waals surface area contributed by atoms with Gasteiger partial charge in [0.05, 0.1) is 38.4 Å². The Morgan fingerprint density at radius 3 is 1.26 bits per heavy atom. The van der Waals surface area contributed by atoms with Gasteiger partial charge in [-0.25, -0.2) is 0 Å². The summed E-state index contributed by atoms with van der Waals surface area (Å²) in [4.78, 5) is 57.0. The van der Waals surface area contributed by atoms with Crippen LogP contribution in [0.4, 0.5) is 11.4 Å². The summed E-state index contributed by atoms with van der Waals surface area (Å²) in [7, 11) is 3.07. The first kappa shape index (κ1) is 41.7. The maximum Gasteiger partial charge on any atom is 0.279 e. The number of methoxy groups -OCH3 is 2. The van der Waals surface area contributed by atoms with Gasteiger partial charge >= 0.3 is 0 Å². The molecule has 4 heterocycles. The highest BCUT2D eigenvalue weighted by Gasteiger charge is 2.32. The Kier molecular flexibility index (Phi) is 16.5. The van der Waals surface area contributed by atoms with Crippen LogP contribution in [0.25, 0.3) is 0 Å². The predicted molar refractivity (Wildman–Crippen MR) is 174 cm³/mol. The third kappa shape index (κ3) is 9.35. The van der Waals surface area contributed by atoms with E-state index in [2.05, 4.69) is 20.8 Å². The highest BCUT2D eigenvalue weighted by Crippen LogP contribution is 2.26. The first-order valence-corrected chi connectivity index (χ1v) is 12.8. The Bertz CT molecular complexity index is 1540. The number of fused-ring (bicyclic) bond motifs is 2. The number of hydrazine groups is 2. The van der Waals surface area contributed by atoms with E-state index in [9.17, 15) is 19.2 Å². The van der Waals surface area contributed by atoms with Gasteiger partial charge in [0.1, 0.15) is 11.5 Å². The Morgan fingerprint density at radius 1 is 0.596 bits per heavy atom. The number of carbonyl (C=O) groups is 4. The molecule has 0 aliphatic carbocycles. The van der Waals surface area contributed by atoms with Crippen LogP contribution in [-0.4, -0.2) is 63.3 Å². The minimum Gasteiger partial charge on any atom is -0.497 e. The van der Waals surface area contributed by atoms with Crippen LogP contribution in [0.5, 0.6) is 11.5 Å². The molecule has 2 aliphatic heterocycles. The number of halogens is 2. The summed E-state index contributed by atoms with van der Waals surface area (Å²) >= 11 is 0. The fraction of sp³-hybridized carbons (Fsp3) is 0.133. The number of carbonyl (C=O) groups excluding carboxylic acids is 4. The van der Waals surface area contributed by atoms with Gasteiger partial charge in [-0.3, -0.25) is 40.0 Å². The van der Waals surface area contributed by atoms with Crippen molar-refractivity contribution in [3.8, 4) is 11.5 Å². The van der Waals surface area contributed by atoms with Crippen LogP contribution < -0.4 is 32.6 Å². The molecule has 0 saturated carbocycles. The monoisotopic (exact) mass is 684 g/mol. The summed E-state index contributed by atoms with van der Waals surface area (Å²) in [6.45, 7) is 0. The van der Waals surface area contributed by atoms with E-state index in [1.807, 2.05) is 0 Å². The quantitative estimate of drug-likeness (QED) is 0.281. The molecular weight excluding hydrogens is 655 g/mol. The van der Waals surface area contributed by atoms with Crippen LogP contribution in [0.15, 0.2) is 85.5 Å². The van der Waals surface area contributed by atoms with E-state index >= 15 is 0 Å². The molecule has 0 saturated heterocycles. The number of amides is 4. The van der Waals surface area contributed by atoms with Gasteiger partial charge in [-0.1, -0.05) is 12.1 Å². The largest absolute Gasteiger partial charge is 0.497 e. The molecular formula is C30H30Cl2N8O7. The number of nitrogens with zero attached hydrogens (tertiary/aromatic N) is 6. The van der Waals surface area contributed by atoms with Crippen molar-refractivity contribution in [2.75, 3.05) is 25.1 Å². The highest BCUT2D eigenvalue weighted by atomic mass is 35.5. The van der Waals surface area contributed by atoms with Crippen molar-refractivity contribution in [2.24, 2.45) is 0 Å². The second-order valence-corrected chi connectivity index (χ2v) is 9.16. The standard InChI is InChI=1S/2C15H13N3O3.2ClH.2N.H2O/c2*1-21-12-3-2-10-8-14(19)18(15(20)13(10)9-12)17-11-4-6-16-7-5-11;;;;;/h2*2-7,9H,8H2,1H3,(H,16,17);2*1H;;;1H2. The smallest absolute Gasteiger partial charge is 0.279 e. The van der Waals surface area contributed by atoms with Crippen molar-refractivity contribution in [3.63, 3.8) is 0 Å². The molecule has 0 atom stereocenters. The lowest BCUT2D eigenvalue weighted by molar-refractivity contribution is -0.128. The van der Waals surface area contributed by atoms with Crippen molar-refractivity contribution in [2.45, 2.75) is 12.8 Å². The van der Waals surface area contributed by atoms with Crippen molar-refractivity contribution in [3.05, 3.63) is 108 Å². The number of hydrogen-bond acceptors (Lipinski definition) is 10. The SMILES string of the molecule is COc1ccc2c(c1)C(=O)N(Nc1ccncc1)C(=O)C2.COc1ccc2c(c1)C(=O)N(Nc1ccncc1)C(=O)C2.Cl.Cl.O.[N].[N]. The molecule has 2 aromatic heterocycles. The average molecular weight is 686 g/mol. The second kappa shape index (κ2) is 18.6. The summed E-state index contributed by atoms with van der Waals surface area (Å²) < 4.78 is 10.2. The Labute approximate surface area is 282 Å². The third-order valence-electron chi connectivity index (χ3n) is 6.53. The molecule has 15 nitrogen and oxygen atoms in total. The number of benzene rings is 2. The van der Waals surface area contributed by atoms with Crippen molar-refractivity contribution in [1.82, 2.24) is 32.3 Å².